The molecule has 1 aliphatic heterocycles. The number of piperazine rings is 1. The van der Waals surface area contributed by atoms with Gasteiger partial charge in [0.2, 0.25) is 11.8 Å². The third kappa shape index (κ3) is 4.07. The Labute approximate surface area is 127 Å². The fourth-order valence-electron chi connectivity index (χ4n) is 2.80. The summed E-state index contributed by atoms with van der Waals surface area (Å²) in [4.78, 5) is 27.7. The zero-order valence-electron chi connectivity index (χ0n) is 12.9. The van der Waals surface area contributed by atoms with E-state index < -0.39 is 6.04 Å². The molecule has 0 spiro atoms. The average molecular weight is 308 g/mol. The van der Waals surface area contributed by atoms with Gasteiger partial charge in [0, 0.05) is 19.7 Å². The van der Waals surface area contributed by atoms with Gasteiger partial charge in [-0.15, -0.1) is 12.4 Å². The maximum absolute atomic E-state index is 12.2. The number of methoxy groups -OCH3 is 1. The summed E-state index contributed by atoms with van der Waals surface area (Å²) in [7, 11) is 1.50. The minimum absolute atomic E-state index is 0. The first-order valence-corrected chi connectivity index (χ1v) is 6.56. The largest absolute Gasteiger partial charge is 0.383 e. The van der Waals surface area contributed by atoms with Gasteiger partial charge >= 0.3 is 0 Å². The fraction of sp³-hybridized carbons (Fsp3) is 0.846. The first-order valence-electron chi connectivity index (χ1n) is 6.56. The molecule has 20 heavy (non-hydrogen) atoms. The molecule has 1 rings (SSSR count). The minimum Gasteiger partial charge on any atom is -0.383 e. The van der Waals surface area contributed by atoms with E-state index in [9.17, 15) is 9.59 Å². The molecular weight excluding hydrogens is 282 g/mol. The highest BCUT2D eigenvalue weighted by molar-refractivity contribution is 5.89. The smallest absolute Gasteiger partial charge is 0.242 e. The Morgan fingerprint density at radius 2 is 2.00 bits per heavy atom. The number of carbonyl (C=O) groups is 2. The Morgan fingerprint density at radius 3 is 2.40 bits per heavy atom. The SMILES string of the molecule is COCC(N)C(=O)N1CC(=O)N(C(C)C)C(C)(C)C1.Cl. The zero-order valence-corrected chi connectivity index (χ0v) is 13.7. The van der Waals surface area contributed by atoms with Crippen molar-refractivity contribution < 1.29 is 14.3 Å². The zero-order chi connectivity index (χ0) is 14.8. The van der Waals surface area contributed by atoms with Crippen molar-refractivity contribution in [2.24, 2.45) is 5.73 Å². The molecule has 1 heterocycles. The van der Waals surface area contributed by atoms with Gasteiger partial charge < -0.3 is 20.3 Å². The second-order valence-corrected chi connectivity index (χ2v) is 5.93. The van der Waals surface area contributed by atoms with Crippen LogP contribution in [0.15, 0.2) is 0 Å². The molecule has 1 atom stereocenters. The first kappa shape index (κ1) is 19.1. The van der Waals surface area contributed by atoms with Gasteiger partial charge in [-0.05, 0) is 27.7 Å². The van der Waals surface area contributed by atoms with Crippen LogP contribution in [-0.2, 0) is 14.3 Å². The maximum Gasteiger partial charge on any atom is 0.242 e. The molecule has 0 radical (unpaired) electrons. The van der Waals surface area contributed by atoms with Crippen LogP contribution < -0.4 is 5.73 Å². The van der Waals surface area contributed by atoms with Crippen molar-refractivity contribution >= 4 is 24.2 Å². The van der Waals surface area contributed by atoms with E-state index in [0.29, 0.717) is 6.54 Å². The first-order chi connectivity index (χ1) is 8.70. The quantitative estimate of drug-likeness (QED) is 0.807. The van der Waals surface area contributed by atoms with E-state index in [-0.39, 0.29) is 49.0 Å². The van der Waals surface area contributed by atoms with Crippen molar-refractivity contribution in [1.82, 2.24) is 9.80 Å². The molecule has 0 aliphatic carbocycles. The fourth-order valence-corrected chi connectivity index (χ4v) is 2.80. The Morgan fingerprint density at radius 1 is 1.45 bits per heavy atom. The Kier molecular flexibility index (Phi) is 6.93. The monoisotopic (exact) mass is 307 g/mol. The molecule has 1 unspecified atom stereocenters. The summed E-state index contributed by atoms with van der Waals surface area (Å²) in [5.74, 6) is -0.268. The molecule has 0 saturated carbocycles. The van der Waals surface area contributed by atoms with Crippen LogP contribution in [0.1, 0.15) is 27.7 Å². The summed E-state index contributed by atoms with van der Waals surface area (Å²) in [6, 6.07) is -0.591. The number of carbonyl (C=O) groups excluding carboxylic acids is 2. The molecule has 7 heteroatoms. The molecule has 0 bridgehead atoms. The lowest BCUT2D eigenvalue weighted by Gasteiger charge is -2.49. The lowest BCUT2D eigenvalue weighted by molar-refractivity contribution is -0.156. The van der Waals surface area contributed by atoms with E-state index in [0.717, 1.165) is 0 Å². The molecule has 6 nitrogen and oxygen atoms in total. The third-order valence-electron chi connectivity index (χ3n) is 3.32. The van der Waals surface area contributed by atoms with Gasteiger partial charge in [-0.3, -0.25) is 9.59 Å². The van der Waals surface area contributed by atoms with Crippen LogP contribution >= 0.6 is 12.4 Å². The van der Waals surface area contributed by atoms with Gasteiger partial charge in [0.1, 0.15) is 6.04 Å². The second-order valence-electron chi connectivity index (χ2n) is 5.93. The van der Waals surface area contributed by atoms with E-state index >= 15 is 0 Å². The van der Waals surface area contributed by atoms with Crippen LogP contribution in [0.4, 0.5) is 0 Å². The number of nitrogens with zero attached hydrogens (tertiary/aromatic N) is 2. The molecular formula is C13H26ClN3O3. The van der Waals surface area contributed by atoms with Gasteiger partial charge in [0.15, 0.2) is 0 Å². The highest BCUT2D eigenvalue weighted by Crippen LogP contribution is 2.24. The number of halogens is 1. The maximum atomic E-state index is 12.2. The summed E-state index contributed by atoms with van der Waals surface area (Å²) >= 11 is 0. The summed E-state index contributed by atoms with van der Waals surface area (Å²) in [6.45, 7) is 8.64. The number of hydrogen-bond acceptors (Lipinski definition) is 4. The van der Waals surface area contributed by atoms with Crippen LogP contribution in [0.2, 0.25) is 0 Å². The highest BCUT2D eigenvalue weighted by atomic mass is 35.5. The molecule has 0 aromatic rings. The predicted octanol–water partition coefficient (Wildman–Crippen LogP) is 0.240. The van der Waals surface area contributed by atoms with Gasteiger partial charge in [-0.1, -0.05) is 0 Å². The Hall–Kier alpha value is -0.850. The van der Waals surface area contributed by atoms with E-state index in [1.807, 2.05) is 32.6 Å². The van der Waals surface area contributed by atoms with Crippen molar-refractivity contribution in [2.45, 2.75) is 45.3 Å². The molecule has 0 aromatic carbocycles. The summed E-state index contributed by atoms with van der Waals surface area (Å²) in [5, 5.41) is 0. The van der Waals surface area contributed by atoms with Crippen molar-refractivity contribution in [3.63, 3.8) is 0 Å². The highest BCUT2D eigenvalue weighted by Gasteiger charge is 2.42. The van der Waals surface area contributed by atoms with Crippen molar-refractivity contribution in [3.8, 4) is 0 Å². The number of nitrogens with two attached hydrogens (primary N) is 1. The summed E-state index contributed by atoms with van der Waals surface area (Å²) in [5.41, 5.74) is 5.36. The number of amides is 2. The molecule has 1 aliphatic rings. The van der Waals surface area contributed by atoms with Gasteiger partial charge in [0.25, 0.3) is 0 Å². The lowest BCUT2D eigenvalue weighted by atomic mass is 9.96. The van der Waals surface area contributed by atoms with Crippen LogP contribution in [0.25, 0.3) is 0 Å². The Bertz CT molecular complexity index is 361. The van der Waals surface area contributed by atoms with Gasteiger partial charge in [-0.25, -0.2) is 0 Å². The summed E-state index contributed by atoms with van der Waals surface area (Å²) < 4.78 is 4.89. The average Bonchev–Trinajstić information content (AvgIpc) is 2.25. The topological polar surface area (TPSA) is 75.9 Å². The van der Waals surface area contributed by atoms with Crippen molar-refractivity contribution in [1.29, 1.82) is 0 Å². The second kappa shape index (κ2) is 7.24. The van der Waals surface area contributed by atoms with Crippen molar-refractivity contribution in [3.05, 3.63) is 0 Å². The van der Waals surface area contributed by atoms with Crippen LogP contribution in [-0.4, -0.2) is 66.0 Å². The molecule has 118 valence electrons. The van der Waals surface area contributed by atoms with E-state index in [4.69, 9.17) is 10.5 Å². The summed E-state index contributed by atoms with van der Waals surface area (Å²) in [6.07, 6.45) is 0. The number of rotatable bonds is 4. The predicted molar refractivity (Wildman–Crippen MR) is 79.7 cm³/mol. The molecule has 2 N–H and O–H groups in total. The van der Waals surface area contributed by atoms with Gasteiger partial charge in [0.05, 0.1) is 18.7 Å². The molecule has 1 fully saturated rings. The third-order valence-corrected chi connectivity index (χ3v) is 3.32. The standard InChI is InChI=1S/C13H25N3O3.ClH/c1-9(2)16-11(17)6-15(8-13(16,3)4)12(18)10(14)7-19-5;/h9-10H,6-8,14H2,1-5H3;1H. The lowest BCUT2D eigenvalue weighted by Crippen LogP contribution is -2.66. The van der Waals surface area contributed by atoms with E-state index in [2.05, 4.69) is 0 Å². The Balaban J connectivity index is 0.00000361. The van der Waals surface area contributed by atoms with E-state index in [1.165, 1.54) is 12.0 Å². The molecule has 0 aromatic heterocycles. The van der Waals surface area contributed by atoms with Crippen molar-refractivity contribution in [2.75, 3.05) is 26.8 Å². The van der Waals surface area contributed by atoms with E-state index in [1.54, 1.807) is 0 Å². The minimum atomic E-state index is -0.709. The molecule has 2 amide bonds. The normalized spacial score (nSPS) is 19.9. The number of hydrogen-bond donors (Lipinski definition) is 1. The van der Waals surface area contributed by atoms with Gasteiger partial charge in [-0.2, -0.15) is 0 Å². The number of ether oxygens (including phenoxy) is 1. The van der Waals surface area contributed by atoms with Crippen LogP contribution in [0.3, 0.4) is 0 Å². The van der Waals surface area contributed by atoms with Crippen LogP contribution in [0, 0.1) is 0 Å². The van der Waals surface area contributed by atoms with Crippen LogP contribution in [0.5, 0.6) is 0 Å². The molecule has 1 saturated heterocycles.